The van der Waals surface area contributed by atoms with Crippen molar-refractivity contribution in [2.75, 3.05) is 0 Å². The van der Waals surface area contributed by atoms with E-state index >= 15 is 0 Å². The summed E-state index contributed by atoms with van der Waals surface area (Å²) in [7, 11) is 0. The van der Waals surface area contributed by atoms with Crippen molar-refractivity contribution in [1.29, 1.82) is 0 Å². The molecule has 0 unspecified atom stereocenters. The van der Waals surface area contributed by atoms with Crippen molar-refractivity contribution >= 4 is 0 Å². The molecule has 106 valence electrons. The fourth-order valence-corrected chi connectivity index (χ4v) is 2.23. The highest BCUT2D eigenvalue weighted by molar-refractivity contribution is 5.67. The molecule has 0 nitrogen and oxygen atoms in total. The van der Waals surface area contributed by atoms with E-state index in [2.05, 4.69) is 6.92 Å². The van der Waals surface area contributed by atoms with Crippen LogP contribution in [0.2, 0.25) is 0 Å². The summed E-state index contributed by atoms with van der Waals surface area (Å²) >= 11 is 0. The number of hydrogen-bond acceptors (Lipinski definition) is 0. The van der Waals surface area contributed by atoms with Gasteiger partial charge in [0.1, 0.15) is 0 Å². The molecule has 2 aromatic rings. The van der Waals surface area contributed by atoms with Crippen LogP contribution in [-0.2, 0) is 12.6 Å². The van der Waals surface area contributed by atoms with E-state index in [1.54, 1.807) is 12.1 Å². The Kier molecular flexibility index (Phi) is 4.48. The third-order valence-corrected chi connectivity index (χ3v) is 3.34. The van der Waals surface area contributed by atoms with Gasteiger partial charge in [-0.15, -0.1) is 0 Å². The van der Waals surface area contributed by atoms with Gasteiger partial charge in [0, 0.05) is 0 Å². The van der Waals surface area contributed by atoms with Crippen molar-refractivity contribution in [3.8, 4) is 11.1 Å². The number of benzene rings is 2. The molecule has 0 aliphatic carbocycles. The Hall–Kier alpha value is -1.77. The molecule has 0 heterocycles. The molecule has 0 bridgehead atoms. The third kappa shape index (κ3) is 3.41. The lowest BCUT2D eigenvalue weighted by molar-refractivity contribution is -0.137. The molecule has 0 amide bonds. The lowest BCUT2D eigenvalue weighted by Crippen LogP contribution is -2.04. The fourth-order valence-electron chi connectivity index (χ4n) is 2.23. The van der Waals surface area contributed by atoms with Crippen LogP contribution in [0.15, 0.2) is 48.5 Å². The zero-order valence-corrected chi connectivity index (χ0v) is 11.4. The minimum atomic E-state index is -4.28. The summed E-state index contributed by atoms with van der Waals surface area (Å²) in [4.78, 5) is 0. The average Bonchev–Trinajstić information content (AvgIpc) is 2.45. The van der Waals surface area contributed by atoms with E-state index < -0.39 is 11.7 Å². The molecule has 0 saturated heterocycles. The quantitative estimate of drug-likeness (QED) is 0.671. The van der Waals surface area contributed by atoms with Crippen LogP contribution in [0, 0.1) is 0 Å². The lowest BCUT2D eigenvalue weighted by Gasteiger charge is -2.11. The number of alkyl halides is 3. The van der Waals surface area contributed by atoms with E-state index in [0.29, 0.717) is 0 Å². The Balaban J connectivity index is 2.32. The highest BCUT2D eigenvalue weighted by Gasteiger charge is 2.29. The number of halogens is 3. The van der Waals surface area contributed by atoms with Crippen molar-refractivity contribution in [2.24, 2.45) is 0 Å². The molecule has 0 aliphatic heterocycles. The topological polar surface area (TPSA) is 0 Å². The monoisotopic (exact) mass is 278 g/mol. The van der Waals surface area contributed by atoms with Crippen LogP contribution in [0.1, 0.15) is 30.9 Å². The van der Waals surface area contributed by atoms with E-state index in [1.807, 2.05) is 24.3 Å². The van der Waals surface area contributed by atoms with Gasteiger partial charge in [-0.1, -0.05) is 49.7 Å². The molecule has 0 aliphatic rings. The van der Waals surface area contributed by atoms with Gasteiger partial charge < -0.3 is 0 Å². The molecule has 20 heavy (non-hydrogen) atoms. The molecule has 3 heteroatoms. The first-order valence-electron chi connectivity index (χ1n) is 6.78. The number of unbranched alkanes of at least 4 members (excludes halogenated alkanes) is 1. The molecule has 0 N–H and O–H groups in total. The maximum Gasteiger partial charge on any atom is 0.416 e. The predicted molar refractivity (Wildman–Crippen MR) is 75.5 cm³/mol. The van der Waals surface area contributed by atoms with Gasteiger partial charge >= 0.3 is 6.18 Å². The molecule has 2 rings (SSSR count). The maximum absolute atomic E-state index is 12.6. The summed E-state index contributed by atoms with van der Waals surface area (Å²) in [5.74, 6) is 0. The van der Waals surface area contributed by atoms with E-state index in [0.717, 1.165) is 42.5 Å². The minimum absolute atomic E-state index is 0.604. The van der Waals surface area contributed by atoms with Gasteiger partial charge in [0.25, 0.3) is 0 Å². The van der Waals surface area contributed by atoms with Gasteiger partial charge in [-0.25, -0.2) is 0 Å². The zero-order chi connectivity index (χ0) is 14.6. The Labute approximate surface area is 117 Å². The van der Waals surface area contributed by atoms with Crippen LogP contribution in [0.3, 0.4) is 0 Å². The SMILES string of the molecule is CCCCc1ccccc1-c1ccc(C(F)(F)F)cc1. The van der Waals surface area contributed by atoms with E-state index in [1.165, 1.54) is 5.56 Å². The predicted octanol–water partition coefficient (Wildman–Crippen LogP) is 5.72. The van der Waals surface area contributed by atoms with Crippen LogP contribution < -0.4 is 0 Å². The molecule has 0 saturated carbocycles. The van der Waals surface area contributed by atoms with Crippen molar-refractivity contribution < 1.29 is 13.2 Å². The maximum atomic E-state index is 12.6. The first-order valence-corrected chi connectivity index (χ1v) is 6.78. The van der Waals surface area contributed by atoms with Crippen molar-refractivity contribution in [1.82, 2.24) is 0 Å². The number of hydrogen-bond donors (Lipinski definition) is 0. The van der Waals surface area contributed by atoms with Crippen LogP contribution in [0.4, 0.5) is 13.2 Å². The smallest absolute Gasteiger partial charge is 0.166 e. The van der Waals surface area contributed by atoms with Crippen LogP contribution in [-0.4, -0.2) is 0 Å². The Bertz CT molecular complexity index is 553. The normalized spacial score (nSPS) is 11.6. The third-order valence-electron chi connectivity index (χ3n) is 3.34. The molecule has 0 atom stereocenters. The Morgan fingerprint density at radius 3 is 2.15 bits per heavy atom. The summed E-state index contributed by atoms with van der Waals surface area (Å²) in [5, 5.41) is 0. The Morgan fingerprint density at radius 1 is 0.900 bits per heavy atom. The molecular formula is C17H17F3. The van der Waals surface area contributed by atoms with Gasteiger partial charge in [0.15, 0.2) is 0 Å². The fraction of sp³-hybridized carbons (Fsp3) is 0.294. The second kappa shape index (κ2) is 6.12. The molecule has 0 spiro atoms. The van der Waals surface area contributed by atoms with Gasteiger partial charge in [0.05, 0.1) is 5.56 Å². The summed E-state index contributed by atoms with van der Waals surface area (Å²) in [6.45, 7) is 2.13. The molecule has 0 aromatic heterocycles. The summed E-state index contributed by atoms with van der Waals surface area (Å²) in [5.41, 5.74) is 2.45. The average molecular weight is 278 g/mol. The molecule has 0 fully saturated rings. The summed E-state index contributed by atoms with van der Waals surface area (Å²) in [6.07, 6.45) is -1.15. The van der Waals surface area contributed by atoms with Crippen molar-refractivity contribution in [3.05, 3.63) is 59.7 Å². The summed E-state index contributed by atoms with van der Waals surface area (Å²) in [6, 6.07) is 13.3. The van der Waals surface area contributed by atoms with Gasteiger partial charge in [-0.05, 0) is 41.7 Å². The Morgan fingerprint density at radius 2 is 1.55 bits per heavy atom. The first kappa shape index (κ1) is 14.6. The second-order valence-electron chi connectivity index (χ2n) is 4.84. The highest BCUT2D eigenvalue weighted by Crippen LogP contribution is 2.32. The standard InChI is InChI=1S/C17H17F3/c1-2-3-6-13-7-4-5-8-16(13)14-9-11-15(12-10-14)17(18,19)20/h4-5,7-12H,2-3,6H2,1H3. The van der Waals surface area contributed by atoms with Crippen molar-refractivity contribution in [3.63, 3.8) is 0 Å². The van der Waals surface area contributed by atoms with Crippen molar-refractivity contribution in [2.45, 2.75) is 32.4 Å². The van der Waals surface area contributed by atoms with Crippen LogP contribution in [0.25, 0.3) is 11.1 Å². The van der Waals surface area contributed by atoms with Gasteiger partial charge in [-0.2, -0.15) is 13.2 Å². The van der Waals surface area contributed by atoms with Crippen LogP contribution >= 0.6 is 0 Å². The van der Waals surface area contributed by atoms with Crippen LogP contribution in [0.5, 0.6) is 0 Å². The minimum Gasteiger partial charge on any atom is -0.166 e. The highest BCUT2D eigenvalue weighted by atomic mass is 19.4. The van der Waals surface area contributed by atoms with E-state index in [4.69, 9.17) is 0 Å². The largest absolute Gasteiger partial charge is 0.416 e. The van der Waals surface area contributed by atoms with Gasteiger partial charge in [0.2, 0.25) is 0 Å². The lowest BCUT2D eigenvalue weighted by atomic mass is 9.95. The second-order valence-corrected chi connectivity index (χ2v) is 4.84. The summed E-state index contributed by atoms with van der Waals surface area (Å²) < 4.78 is 37.7. The molecule has 0 radical (unpaired) electrons. The van der Waals surface area contributed by atoms with E-state index in [-0.39, 0.29) is 0 Å². The van der Waals surface area contributed by atoms with Gasteiger partial charge in [-0.3, -0.25) is 0 Å². The molecule has 2 aromatic carbocycles. The zero-order valence-electron chi connectivity index (χ0n) is 11.4. The molecular weight excluding hydrogens is 261 g/mol. The van der Waals surface area contributed by atoms with E-state index in [9.17, 15) is 13.2 Å². The first-order chi connectivity index (χ1) is 9.52. The number of rotatable bonds is 4. The number of aryl methyl sites for hydroxylation is 1.